The molecule has 0 amide bonds. The van der Waals surface area contributed by atoms with E-state index in [0.29, 0.717) is 0 Å². The predicted octanol–water partition coefficient (Wildman–Crippen LogP) is 3.70. The van der Waals surface area contributed by atoms with Crippen molar-refractivity contribution in [3.63, 3.8) is 0 Å². The highest BCUT2D eigenvalue weighted by molar-refractivity contribution is 6.31. The van der Waals surface area contributed by atoms with Gasteiger partial charge in [0, 0.05) is 5.02 Å². The van der Waals surface area contributed by atoms with Gasteiger partial charge >= 0.3 is 0 Å². The summed E-state index contributed by atoms with van der Waals surface area (Å²) in [6.07, 6.45) is 0. The Morgan fingerprint density at radius 1 is 1.00 bits per heavy atom. The molecule has 0 heterocycles. The predicted molar refractivity (Wildman–Crippen MR) is 68.7 cm³/mol. The number of nitrogens with two attached hydrogens (primary N) is 1. The summed E-state index contributed by atoms with van der Waals surface area (Å²) in [4.78, 5) is 0. The highest BCUT2D eigenvalue weighted by Gasteiger charge is 2.11. The SMILES string of the molecule is Cc1ccc([C@H](N)c2ccccc2Cl)cc1. The van der Waals surface area contributed by atoms with Gasteiger partial charge in [-0.1, -0.05) is 59.6 Å². The van der Waals surface area contributed by atoms with E-state index >= 15 is 0 Å². The van der Waals surface area contributed by atoms with Gasteiger partial charge in [0.05, 0.1) is 6.04 Å². The molecule has 2 rings (SSSR count). The molecule has 2 N–H and O–H groups in total. The summed E-state index contributed by atoms with van der Waals surface area (Å²) in [6.45, 7) is 2.06. The van der Waals surface area contributed by atoms with E-state index in [1.54, 1.807) is 0 Å². The third kappa shape index (κ3) is 2.26. The number of hydrogen-bond donors (Lipinski definition) is 1. The second-order valence-electron chi connectivity index (χ2n) is 3.91. The van der Waals surface area contributed by atoms with Crippen LogP contribution in [0.1, 0.15) is 22.7 Å². The molecular formula is C14H14ClN. The highest BCUT2D eigenvalue weighted by Crippen LogP contribution is 2.26. The normalized spacial score (nSPS) is 12.4. The van der Waals surface area contributed by atoms with Crippen LogP contribution in [0.5, 0.6) is 0 Å². The van der Waals surface area contributed by atoms with Crippen molar-refractivity contribution in [1.82, 2.24) is 0 Å². The molecule has 1 nitrogen and oxygen atoms in total. The van der Waals surface area contributed by atoms with Gasteiger partial charge in [-0.2, -0.15) is 0 Å². The first-order valence-corrected chi connectivity index (χ1v) is 5.63. The van der Waals surface area contributed by atoms with Crippen LogP contribution in [0.2, 0.25) is 5.02 Å². The first kappa shape index (κ1) is 11.2. The smallest absolute Gasteiger partial charge is 0.0566 e. The van der Waals surface area contributed by atoms with Gasteiger partial charge in [0.2, 0.25) is 0 Å². The Balaban J connectivity index is 2.35. The molecular weight excluding hydrogens is 218 g/mol. The number of benzene rings is 2. The van der Waals surface area contributed by atoms with Crippen molar-refractivity contribution in [2.45, 2.75) is 13.0 Å². The first-order valence-electron chi connectivity index (χ1n) is 5.25. The zero-order valence-corrected chi connectivity index (χ0v) is 9.91. The Kier molecular flexibility index (Phi) is 3.28. The van der Waals surface area contributed by atoms with E-state index in [4.69, 9.17) is 17.3 Å². The van der Waals surface area contributed by atoms with E-state index in [2.05, 4.69) is 19.1 Å². The minimum Gasteiger partial charge on any atom is -0.320 e. The van der Waals surface area contributed by atoms with Crippen molar-refractivity contribution < 1.29 is 0 Å². The maximum Gasteiger partial charge on any atom is 0.0566 e. The zero-order chi connectivity index (χ0) is 11.5. The standard InChI is InChI=1S/C14H14ClN/c1-10-6-8-11(9-7-10)14(16)12-4-2-3-5-13(12)15/h2-9,14H,16H2,1H3/t14-/m0/s1. The van der Waals surface area contributed by atoms with E-state index in [9.17, 15) is 0 Å². The molecule has 0 spiro atoms. The Morgan fingerprint density at radius 2 is 1.62 bits per heavy atom. The molecule has 0 unspecified atom stereocenters. The Hall–Kier alpha value is -1.31. The van der Waals surface area contributed by atoms with Gasteiger partial charge in [-0.25, -0.2) is 0 Å². The lowest BCUT2D eigenvalue weighted by Gasteiger charge is -2.14. The minimum absolute atomic E-state index is 0.158. The Labute approximate surface area is 101 Å². The van der Waals surface area contributed by atoms with Crippen LogP contribution in [-0.2, 0) is 0 Å². The molecule has 0 bridgehead atoms. The van der Waals surface area contributed by atoms with Crippen molar-refractivity contribution in [2.24, 2.45) is 5.73 Å². The van der Waals surface area contributed by atoms with Crippen molar-refractivity contribution in [2.75, 3.05) is 0 Å². The molecule has 2 aromatic carbocycles. The Morgan fingerprint density at radius 3 is 2.25 bits per heavy atom. The number of rotatable bonds is 2. The summed E-state index contributed by atoms with van der Waals surface area (Å²) in [5.41, 5.74) is 9.46. The second kappa shape index (κ2) is 4.69. The van der Waals surface area contributed by atoms with Gasteiger partial charge < -0.3 is 5.73 Å². The molecule has 16 heavy (non-hydrogen) atoms. The van der Waals surface area contributed by atoms with Crippen LogP contribution >= 0.6 is 11.6 Å². The summed E-state index contributed by atoms with van der Waals surface area (Å²) in [6, 6.07) is 15.8. The molecule has 1 atom stereocenters. The third-order valence-corrected chi connectivity index (χ3v) is 3.02. The van der Waals surface area contributed by atoms with Gasteiger partial charge in [-0.15, -0.1) is 0 Å². The summed E-state index contributed by atoms with van der Waals surface area (Å²) in [5, 5.41) is 0.718. The van der Waals surface area contributed by atoms with Crippen molar-refractivity contribution >= 4 is 11.6 Å². The van der Waals surface area contributed by atoms with Crippen molar-refractivity contribution in [1.29, 1.82) is 0 Å². The highest BCUT2D eigenvalue weighted by atomic mass is 35.5. The van der Waals surface area contributed by atoms with E-state index in [1.165, 1.54) is 5.56 Å². The van der Waals surface area contributed by atoms with E-state index in [-0.39, 0.29) is 6.04 Å². The largest absolute Gasteiger partial charge is 0.320 e. The monoisotopic (exact) mass is 231 g/mol. The van der Waals surface area contributed by atoms with Crippen LogP contribution in [0.3, 0.4) is 0 Å². The molecule has 2 heteroatoms. The molecule has 0 radical (unpaired) electrons. The van der Waals surface area contributed by atoms with Crippen molar-refractivity contribution in [3.05, 3.63) is 70.2 Å². The zero-order valence-electron chi connectivity index (χ0n) is 9.15. The van der Waals surface area contributed by atoms with Crippen LogP contribution in [0, 0.1) is 6.92 Å². The fourth-order valence-electron chi connectivity index (χ4n) is 1.68. The van der Waals surface area contributed by atoms with Crippen LogP contribution in [-0.4, -0.2) is 0 Å². The lowest BCUT2D eigenvalue weighted by atomic mass is 9.99. The molecule has 0 aromatic heterocycles. The first-order chi connectivity index (χ1) is 7.68. The van der Waals surface area contributed by atoms with Crippen LogP contribution in [0.15, 0.2) is 48.5 Å². The summed E-state index contributed by atoms with van der Waals surface area (Å²) < 4.78 is 0. The summed E-state index contributed by atoms with van der Waals surface area (Å²) in [7, 11) is 0. The Bertz CT molecular complexity index is 476. The van der Waals surface area contributed by atoms with Gasteiger partial charge in [-0.3, -0.25) is 0 Å². The van der Waals surface area contributed by atoms with Gasteiger partial charge in [-0.05, 0) is 24.1 Å². The van der Waals surface area contributed by atoms with Crippen LogP contribution in [0.4, 0.5) is 0 Å². The lowest BCUT2D eigenvalue weighted by molar-refractivity contribution is 0.871. The van der Waals surface area contributed by atoms with Gasteiger partial charge in [0.25, 0.3) is 0 Å². The maximum atomic E-state index is 6.18. The summed E-state index contributed by atoms with van der Waals surface area (Å²) >= 11 is 6.12. The number of aryl methyl sites for hydroxylation is 1. The van der Waals surface area contributed by atoms with Gasteiger partial charge in [0.1, 0.15) is 0 Å². The maximum absolute atomic E-state index is 6.18. The summed E-state index contributed by atoms with van der Waals surface area (Å²) in [5.74, 6) is 0. The second-order valence-corrected chi connectivity index (χ2v) is 4.32. The number of halogens is 1. The molecule has 0 aliphatic rings. The molecule has 82 valence electrons. The van der Waals surface area contributed by atoms with E-state index in [1.807, 2.05) is 36.4 Å². The van der Waals surface area contributed by atoms with Crippen LogP contribution in [0.25, 0.3) is 0 Å². The quantitative estimate of drug-likeness (QED) is 0.838. The fraction of sp³-hybridized carbons (Fsp3) is 0.143. The molecule has 2 aromatic rings. The topological polar surface area (TPSA) is 26.0 Å². The average molecular weight is 232 g/mol. The van der Waals surface area contributed by atoms with Crippen LogP contribution < -0.4 is 5.73 Å². The number of hydrogen-bond acceptors (Lipinski definition) is 1. The molecule has 0 saturated carbocycles. The lowest BCUT2D eigenvalue weighted by Crippen LogP contribution is -2.12. The molecule has 0 aliphatic carbocycles. The third-order valence-electron chi connectivity index (χ3n) is 2.68. The minimum atomic E-state index is -0.158. The van der Waals surface area contributed by atoms with Gasteiger partial charge in [0.15, 0.2) is 0 Å². The molecule has 0 saturated heterocycles. The molecule has 0 fully saturated rings. The van der Waals surface area contributed by atoms with E-state index < -0.39 is 0 Å². The van der Waals surface area contributed by atoms with Crippen molar-refractivity contribution in [3.8, 4) is 0 Å². The van der Waals surface area contributed by atoms with E-state index in [0.717, 1.165) is 16.1 Å². The fourth-order valence-corrected chi connectivity index (χ4v) is 1.93. The average Bonchev–Trinajstić information content (AvgIpc) is 2.30. The molecule has 0 aliphatic heterocycles.